The number of nitrogens with zero attached hydrogens (tertiary/aromatic N) is 1. The van der Waals surface area contributed by atoms with Gasteiger partial charge >= 0.3 is 0 Å². The summed E-state index contributed by atoms with van der Waals surface area (Å²) in [6.45, 7) is 3.78. The molecule has 27 heavy (non-hydrogen) atoms. The van der Waals surface area contributed by atoms with Gasteiger partial charge in [-0.25, -0.2) is 8.78 Å². The minimum Gasteiger partial charge on any atom is -0.493 e. The van der Waals surface area contributed by atoms with Crippen LogP contribution in [0.2, 0.25) is 0 Å². The van der Waals surface area contributed by atoms with Crippen LogP contribution in [-0.2, 0) is 6.54 Å². The van der Waals surface area contributed by atoms with Gasteiger partial charge in [0.2, 0.25) is 0 Å². The van der Waals surface area contributed by atoms with Crippen LogP contribution in [0.15, 0.2) is 36.4 Å². The molecule has 1 aliphatic rings. The predicted molar refractivity (Wildman–Crippen MR) is 110 cm³/mol. The Morgan fingerprint density at radius 2 is 1.70 bits per heavy atom. The maximum Gasteiger partial charge on any atom is 0.168 e. The Labute approximate surface area is 171 Å². The van der Waals surface area contributed by atoms with Gasteiger partial charge in [-0.15, -0.1) is 24.8 Å². The van der Waals surface area contributed by atoms with Gasteiger partial charge in [0.05, 0.1) is 7.11 Å². The predicted octanol–water partition coefficient (Wildman–Crippen LogP) is 4.65. The molecule has 0 aliphatic carbocycles. The van der Waals surface area contributed by atoms with Crippen LogP contribution in [-0.4, -0.2) is 31.6 Å². The first-order valence-electron chi connectivity index (χ1n) is 8.65. The lowest BCUT2D eigenvalue weighted by molar-refractivity contribution is 0.180. The monoisotopic (exact) mass is 418 g/mol. The Bertz CT molecular complexity index is 721. The molecule has 0 aromatic heterocycles. The third kappa shape index (κ3) is 5.79. The molecule has 0 amide bonds. The van der Waals surface area contributed by atoms with Gasteiger partial charge in [-0.3, -0.25) is 4.90 Å². The summed E-state index contributed by atoms with van der Waals surface area (Å²) >= 11 is 0. The van der Waals surface area contributed by atoms with Crippen LogP contribution in [0.1, 0.15) is 18.4 Å². The zero-order valence-corrected chi connectivity index (χ0v) is 16.9. The quantitative estimate of drug-likeness (QED) is 0.767. The van der Waals surface area contributed by atoms with Crippen molar-refractivity contribution in [3.8, 4) is 16.9 Å². The summed E-state index contributed by atoms with van der Waals surface area (Å²) in [4.78, 5) is 2.42. The molecule has 0 atom stereocenters. The Morgan fingerprint density at radius 1 is 1.07 bits per heavy atom. The molecule has 0 bridgehead atoms. The Morgan fingerprint density at radius 3 is 2.26 bits per heavy atom. The summed E-state index contributed by atoms with van der Waals surface area (Å²) in [5, 5.41) is 0. The van der Waals surface area contributed by atoms with E-state index in [0.29, 0.717) is 11.5 Å². The molecule has 1 aliphatic heterocycles. The molecular weight excluding hydrogens is 393 g/mol. The number of halogens is 4. The number of hydrogen-bond donors (Lipinski definition) is 1. The van der Waals surface area contributed by atoms with E-state index in [-0.39, 0.29) is 30.6 Å². The third-order valence-electron chi connectivity index (χ3n) is 4.92. The number of nitrogens with two attached hydrogens (primary N) is 1. The summed E-state index contributed by atoms with van der Waals surface area (Å²) in [5.41, 5.74) is 8.08. The van der Waals surface area contributed by atoms with E-state index in [0.717, 1.165) is 50.7 Å². The number of hydrogen-bond acceptors (Lipinski definition) is 3. The van der Waals surface area contributed by atoms with Gasteiger partial charge in [0.25, 0.3) is 0 Å². The molecule has 3 nitrogen and oxygen atoms in total. The van der Waals surface area contributed by atoms with Crippen LogP contribution in [0, 0.1) is 17.6 Å². The van der Waals surface area contributed by atoms with E-state index in [4.69, 9.17) is 10.5 Å². The van der Waals surface area contributed by atoms with Crippen LogP contribution >= 0.6 is 24.8 Å². The van der Waals surface area contributed by atoms with E-state index >= 15 is 0 Å². The van der Waals surface area contributed by atoms with E-state index in [1.807, 2.05) is 24.3 Å². The highest BCUT2D eigenvalue weighted by Gasteiger charge is 2.18. The van der Waals surface area contributed by atoms with Gasteiger partial charge in [0.15, 0.2) is 11.6 Å². The molecule has 0 spiro atoms. The molecule has 0 saturated carbocycles. The second-order valence-corrected chi connectivity index (χ2v) is 6.62. The normalized spacial score (nSPS) is 15.0. The molecule has 2 N–H and O–H groups in total. The smallest absolute Gasteiger partial charge is 0.168 e. The highest BCUT2D eigenvalue weighted by atomic mass is 35.5. The summed E-state index contributed by atoms with van der Waals surface area (Å²) in [7, 11) is 1.39. The molecule has 1 heterocycles. The maximum absolute atomic E-state index is 13.9. The average Bonchev–Trinajstić information content (AvgIpc) is 2.62. The topological polar surface area (TPSA) is 38.5 Å². The highest BCUT2D eigenvalue weighted by molar-refractivity contribution is 5.85. The molecular formula is C20H26Cl2F2N2O. The van der Waals surface area contributed by atoms with Gasteiger partial charge in [0, 0.05) is 18.2 Å². The SMILES string of the molecule is COc1c(F)cc(F)cc1-c1ccc(CN2CCC(CN)CC2)cc1.Cl.Cl. The summed E-state index contributed by atoms with van der Waals surface area (Å²) in [6.07, 6.45) is 2.29. The van der Waals surface area contributed by atoms with Crippen molar-refractivity contribution in [2.75, 3.05) is 26.7 Å². The number of methoxy groups -OCH3 is 1. The van der Waals surface area contributed by atoms with Gasteiger partial charge in [0.1, 0.15) is 5.82 Å². The zero-order chi connectivity index (χ0) is 17.8. The molecule has 1 fully saturated rings. The van der Waals surface area contributed by atoms with Crippen molar-refractivity contribution in [3.63, 3.8) is 0 Å². The summed E-state index contributed by atoms with van der Waals surface area (Å²) in [6, 6.07) is 9.92. The van der Waals surface area contributed by atoms with E-state index < -0.39 is 11.6 Å². The standard InChI is InChI=1S/C20H24F2N2O.2ClH/c1-25-20-18(10-17(21)11-19(20)22)16-4-2-15(3-5-16)13-24-8-6-14(12-23)7-9-24;;/h2-5,10-11,14H,6-9,12-13,23H2,1H3;2*1H. The molecule has 0 radical (unpaired) electrons. The number of benzene rings is 2. The minimum absolute atomic E-state index is 0. The van der Waals surface area contributed by atoms with Crippen molar-refractivity contribution in [3.05, 3.63) is 53.6 Å². The van der Waals surface area contributed by atoms with E-state index in [1.165, 1.54) is 18.7 Å². The summed E-state index contributed by atoms with van der Waals surface area (Å²) in [5.74, 6) is -0.587. The van der Waals surface area contributed by atoms with Crippen molar-refractivity contribution in [2.24, 2.45) is 11.7 Å². The molecule has 2 aromatic carbocycles. The van der Waals surface area contributed by atoms with Gasteiger partial charge < -0.3 is 10.5 Å². The molecule has 7 heteroatoms. The number of rotatable bonds is 5. The fourth-order valence-electron chi connectivity index (χ4n) is 3.41. The summed E-state index contributed by atoms with van der Waals surface area (Å²) < 4.78 is 32.5. The maximum atomic E-state index is 13.9. The van der Waals surface area contributed by atoms with E-state index in [1.54, 1.807) is 0 Å². The Balaban J connectivity index is 0.00000182. The van der Waals surface area contributed by atoms with Gasteiger partial charge in [-0.1, -0.05) is 24.3 Å². The molecule has 0 unspecified atom stereocenters. The first-order valence-corrected chi connectivity index (χ1v) is 8.65. The van der Waals surface area contributed by atoms with Crippen molar-refractivity contribution >= 4 is 24.8 Å². The zero-order valence-electron chi connectivity index (χ0n) is 15.3. The molecule has 3 rings (SSSR count). The van der Waals surface area contributed by atoms with Crippen LogP contribution in [0.25, 0.3) is 11.1 Å². The first-order chi connectivity index (χ1) is 12.1. The average molecular weight is 419 g/mol. The van der Waals surface area contributed by atoms with E-state index in [9.17, 15) is 8.78 Å². The van der Waals surface area contributed by atoms with Gasteiger partial charge in [-0.05, 0) is 55.6 Å². The van der Waals surface area contributed by atoms with Crippen molar-refractivity contribution < 1.29 is 13.5 Å². The Hall–Kier alpha value is -1.40. The fraction of sp³-hybridized carbons (Fsp3) is 0.400. The van der Waals surface area contributed by atoms with Crippen LogP contribution in [0.5, 0.6) is 5.75 Å². The second kappa shape index (κ2) is 10.8. The van der Waals surface area contributed by atoms with E-state index in [2.05, 4.69) is 4.90 Å². The highest BCUT2D eigenvalue weighted by Crippen LogP contribution is 2.33. The molecule has 150 valence electrons. The molecule has 1 saturated heterocycles. The van der Waals surface area contributed by atoms with Gasteiger partial charge in [-0.2, -0.15) is 0 Å². The minimum atomic E-state index is -0.690. The lowest BCUT2D eigenvalue weighted by Crippen LogP contribution is -2.35. The van der Waals surface area contributed by atoms with Crippen LogP contribution in [0.4, 0.5) is 8.78 Å². The fourth-order valence-corrected chi connectivity index (χ4v) is 3.41. The number of piperidine rings is 1. The largest absolute Gasteiger partial charge is 0.493 e. The van der Waals surface area contributed by atoms with Crippen LogP contribution in [0.3, 0.4) is 0 Å². The third-order valence-corrected chi connectivity index (χ3v) is 4.92. The second-order valence-electron chi connectivity index (χ2n) is 6.62. The van der Waals surface area contributed by atoms with Crippen LogP contribution < -0.4 is 10.5 Å². The van der Waals surface area contributed by atoms with Crippen molar-refractivity contribution in [1.82, 2.24) is 4.90 Å². The Kier molecular flexibility index (Phi) is 9.47. The number of likely N-dealkylation sites (tertiary alicyclic amines) is 1. The first kappa shape index (κ1) is 23.6. The lowest BCUT2D eigenvalue weighted by atomic mass is 9.96. The van der Waals surface area contributed by atoms with Crippen molar-refractivity contribution in [1.29, 1.82) is 0 Å². The van der Waals surface area contributed by atoms with Crippen molar-refractivity contribution in [2.45, 2.75) is 19.4 Å². The molecule has 2 aromatic rings. The lowest BCUT2D eigenvalue weighted by Gasteiger charge is -2.31. The number of ether oxygens (including phenoxy) is 1.